The van der Waals surface area contributed by atoms with Crippen molar-refractivity contribution in [1.29, 1.82) is 0 Å². The molecule has 3 aliphatic heterocycles. The number of hydrogen-bond donors (Lipinski definition) is 0. The zero-order valence-electron chi connectivity index (χ0n) is 10.7. The van der Waals surface area contributed by atoms with Crippen LogP contribution < -0.4 is 0 Å². The van der Waals surface area contributed by atoms with Gasteiger partial charge in [0.1, 0.15) is 0 Å². The van der Waals surface area contributed by atoms with Crippen molar-refractivity contribution in [2.45, 2.75) is 12.8 Å². The van der Waals surface area contributed by atoms with Crippen molar-refractivity contribution in [2.75, 3.05) is 52.4 Å². The minimum absolute atomic E-state index is 0.150. The van der Waals surface area contributed by atoms with Crippen molar-refractivity contribution in [3.63, 3.8) is 0 Å². The maximum Gasteiger partial charge on any atom is 0.320 e. The summed E-state index contributed by atoms with van der Waals surface area (Å²) in [5, 5.41) is 0. The molecule has 3 fully saturated rings. The Bertz CT molecular complexity index is 310. The maximum atomic E-state index is 12.0. The topological polar surface area (TPSA) is 47.1 Å². The molecule has 3 heterocycles. The number of carbonyl (C=O) groups excluding carboxylic acids is 2. The molecule has 0 aromatic rings. The summed E-state index contributed by atoms with van der Waals surface area (Å²) in [6, 6.07) is 0.301. The second-order valence-corrected chi connectivity index (χ2v) is 5.22. The van der Waals surface area contributed by atoms with Crippen molar-refractivity contribution in [1.82, 2.24) is 19.6 Å². The first-order chi connectivity index (χ1) is 8.75. The molecule has 4 amide bonds. The lowest BCUT2D eigenvalue weighted by Gasteiger charge is -2.42. The van der Waals surface area contributed by atoms with E-state index in [2.05, 4.69) is 0 Å². The molecular weight excluding hydrogens is 232 g/mol. The van der Waals surface area contributed by atoms with E-state index in [1.807, 2.05) is 19.6 Å². The minimum atomic E-state index is 0.150. The summed E-state index contributed by atoms with van der Waals surface area (Å²) in [4.78, 5) is 31.5. The van der Waals surface area contributed by atoms with Crippen LogP contribution in [0.1, 0.15) is 12.8 Å². The van der Waals surface area contributed by atoms with Gasteiger partial charge in [-0.15, -0.1) is 0 Å². The first-order valence-electron chi connectivity index (χ1n) is 6.83. The van der Waals surface area contributed by atoms with Gasteiger partial charge in [-0.3, -0.25) is 0 Å². The molecule has 18 heavy (non-hydrogen) atoms. The van der Waals surface area contributed by atoms with Crippen LogP contribution in [-0.4, -0.2) is 84.0 Å². The molecule has 0 atom stereocenters. The number of hydrogen-bond acceptors (Lipinski definition) is 2. The molecule has 0 aromatic carbocycles. The fourth-order valence-electron chi connectivity index (χ4n) is 2.50. The summed E-state index contributed by atoms with van der Waals surface area (Å²) in [6.07, 6.45) is 2.25. The summed E-state index contributed by atoms with van der Waals surface area (Å²) in [5.41, 5.74) is 0. The highest BCUT2D eigenvalue weighted by Crippen LogP contribution is 2.15. The fraction of sp³-hybridized carbons (Fsp3) is 0.833. The predicted molar refractivity (Wildman–Crippen MR) is 66.3 cm³/mol. The number of amides is 4. The predicted octanol–water partition coefficient (Wildman–Crippen LogP) is 0.255. The molecule has 100 valence electrons. The number of urea groups is 2. The highest BCUT2D eigenvalue weighted by atomic mass is 16.2. The molecular formula is C12H20N4O2. The van der Waals surface area contributed by atoms with E-state index in [4.69, 9.17) is 0 Å². The summed E-state index contributed by atoms with van der Waals surface area (Å²) in [6.45, 7) is 6.28. The van der Waals surface area contributed by atoms with Crippen LogP contribution in [0.4, 0.5) is 9.59 Å². The molecule has 0 spiro atoms. The van der Waals surface area contributed by atoms with Crippen LogP contribution in [0, 0.1) is 0 Å². The SMILES string of the molecule is O=C(N1CCC1)N1CCN(C(=O)N2CCC2)CC1. The second kappa shape index (κ2) is 4.66. The second-order valence-electron chi connectivity index (χ2n) is 5.22. The van der Waals surface area contributed by atoms with Gasteiger partial charge < -0.3 is 19.6 Å². The van der Waals surface area contributed by atoms with Gasteiger partial charge in [0.15, 0.2) is 0 Å². The summed E-state index contributed by atoms with van der Waals surface area (Å²) in [5.74, 6) is 0. The third kappa shape index (κ3) is 2.00. The zero-order valence-corrected chi connectivity index (χ0v) is 10.7. The minimum Gasteiger partial charge on any atom is -0.325 e. The smallest absolute Gasteiger partial charge is 0.320 e. The molecule has 3 saturated heterocycles. The van der Waals surface area contributed by atoms with E-state index in [0.717, 1.165) is 39.0 Å². The first-order valence-corrected chi connectivity index (χ1v) is 6.83. The van der Waals surface area contributed by atoms with Gasteiger partial charge in [0.2, 0.25) is 0 Å². The average molecular weight is 252 g/mol. The first kappa shape index (κ1) is 11.6. The van der Waals surface area contributed by atoms with Crippen LogP contribution in [0.5, 0.6) is 0 Å². The number of piperazine rings is 1. The molecule has 3 aliphatic rings. The Hall–Kier alpha value is -1.46. The van der Waals surface area contributed by atoms with E-state index >= 15 is 0 Å². The molecule has 6 nitrogen and oxygen atoms in total. The molecule has 3 rings (SSSR count). The van der Waals surface area contributed by atoms with E-state index in [1.165, 1.54) is 0 Å². The van der Waals surface area contributed by atoms with Crippen molar-refractivity contribution in [3.8, 4) is 0 Å². The van der Waals surface area contributed by atoms with E-state index in [0.29, 0.717) is 26.2 Å². The van der Waals surface area contributed by atoms with Gasteiger partial charge in [-0.1, -0.05) is 0 Å². The fourth-order valence-corrected chi connectivity index (χ4v) is 2.50. The van der Waals surface area contributed by atoms with Gasteiger partial charge in [-0.05, 0) is 12.8 Å². The third-order valence-corrected chi connectivity index (χ3v) is 4.07. The normalized spacial score (nSPS) is 23.6. The monoisotopic (exact) mass is 252 g/mol. The van der Waals surface area contributed by atoms with E-state index in [9.17, 15) is 9.59 Å². The highest BCUT2D eigenvalue weighted by Gasteiger charge is 2.32. The van der Waals surface area contributed by atoms with Gasteiger partial charge in [-0.25, -0.2) is 9.59 Å². The van der Waals surface area contributed by atoms with E-state index in [-0.39, 0.29) is 12.1 Å². The van der Waals surface area contributed by atoms with Gasteiger partial charge in [0.05, 0.1) is 0 Å². The molecule has 0 N–H and O–H groups in total. The molecule has 0 aromatic heterocycles. The van der Waals surface area contributed by atoms with Crippen molar-refractivity contribution in [2.24, 2.45) is 0 Å². The van der Waals surface area contributed by atoms with Crippen molar-refractivity contribution >= 4 is 12.1 Å². The molecule has 0 aliphatic carbocycles. The van der Waals surface area contributed by atoms with Crippen LogP contribution in [0.2, 0.25) is 0 Å². The number of rotatable bonds is 0. The maximum absolute atomic E-state index is 12.0. The lowest BCUT2D eigenvalue weighted by Crippen LogP contribution is -2.59. The van der Waals surface area contributed by atoms with Crippen LogP contribution >= 0.6 is 0 Å². The molecule has 6 heteroatoms. The summed E-state index contributed by atoms with van der Waals surface area (Å²) >= 11 is 0. The molecule has 0 unspecified atom stereocenters. The van der Waals surface area contributed by atoms with Crippen LogP contribution in [-0.2, 0) is 0 Å². The quantitative estimate of drug-likeness (QED) is 0.620. The third-order valence-electron chi connectivity index (χ3n) is 4.07. The number of likely N-dealkylation sites (tertiary alicyclic amines) is 2. The Balaban J connectivity index is 1.48. The zero-order chi connectivity index (χ0) is 12.5. The summed E-state index contributed by atoms with van der Waals surface area (Å²) in [7, 11) is 0. The number of nitrogens with zero attached hydrogens (tertiary/aromatic N) is 4. The van der Waals surface area contributed by atoms with Gasteiger partial charge >= 0.3 is 12.1 Å². The summed E-state index contributed by atoms with van der Waals surface area (Å²) < 4.78 is 0. The Labute approximate surface area is 107 Å². The van der Waals surface area contributed by atoms with Crippen molar-refractivity contribution in [3.05, 3.63) is 0 Å². The van der Waals surface area contributed by atoms with Gasteiger partial charge in [0, 0.05) is 52.4 Å². The van der Waals surface area contributed by atoms with Crippen LogP contribution in [0.15, 0.2) is 0 Å². The van der Waals surface area contributed by atoms with Gasteiger partial charge in [-0.2, -0.15) is 0 Å². The van der Waals surface area contributed by atoms with Crippen LogP contribution in [0.25, 0.3) is 0 Å². The Morgan fingerprint density at radius 3 is 1.00 bits per heavy atom. The Morgan fingerprint density at radius 1 is 0.500 bits per heavy atom. The number of carbonyl (C=O) groups is 2. The highest BCUT2D eigenvalue weighted by molar-refractivity contribution is 5.77. The van der Waals surface area contributed by atoms with Crippen LogP contribution in [0.3, 0.4) is 0 Å². The van der Waals surface area contributed by atoms with Gasteiger partial charge in [0.25, 0.3) is 0 Å². The standard InChI is InChI=1S/C12H20N4O2/c17-11(13-3-1-4-13)15-7-9-16(10-8-15)12(18)14-5-2-6-14/h1-10H2. The Morgan fingerprint density at radius 2 is 0.778 bits per heavy atom. The lowest BCUT2D eigenvalue weighted by molar-refractivity contribution is 0.0844. The van der Waals surface area contributed by atoms with E-state index < -0.39 is 0 Å². The largest absolute Gasteiger partial charge is 0.325 e. The molecule has 0 radical (unpaired) electrons. The molecule has 0 bridgehead atoms. The average Bonchev–Trinajstić information content (AvgIpc) is 2.24. The molecule has 0 saturated carbocycles. The van der Waals surface area contributed by atoms with E-state index in [1.54, 1.807) is 0 Å². The Kier molecular flexibility index (Phi) is 3.01. The van der Waals surface area contributed by atoms with Crippen molar-refractivity contribution < 1.29 is 9.59 Å². The lowest BCUT2D eigenvalue weighted by atomic mass is 10.2.